The highest BCUT2D eigenvalue weighted by Gasteiger charge is 2.04. The molecule has 0 fully saturated rings. The predicted octanol–water partition coefficient (Wildman–Crippen LogP) is 4.97. The maximum atomic E-state index is 11.0. The summed E-state index contributed by atoms with van der Waals surface area (Å²) < 4.78 is 0. The molecule has 0 saturated carbocycles. The van der Waals surface area contributed by atoms with Crippen LogP contribution in [0.15, 0.2) is 48.5 Å². The van der Waals surface area contributed by atoms with Crippen molar-refractivity contribution in [2.45, 2.75) is 33.1 Å². The van der Waals surface area contributed by atoms with Gasteiger partial charge in [-0.2, -0.15) is 0 Å². The quantitative estimate of drug-likeness (QED) is 0.672. The van der Waals surface area contributed by atoms with E-state index >= 15 is 0 Å². The Morgan fingerprint density at radius 2 is 1.33 bits per heavy atom. The van der Waals surface area contributed by atoms with E-state index in [2.05, 4.69) is 41.9 Å². The summed E-state index contributed by atoms with van der Waals surface area (Å²) in [6.07, 6.45) is 1.13. The number of anilines is 3. The zero-order valence-electron chi connectivity index (χ0n) is 14.2. The Bertz CT molecular complexity index is 696. The van der Waals surface area contributed by atoms with Crippen molar-refractivity contribution in [1.29, 1.82) is 0 Å². The Morgan fingerprint density at radius 3 is 1.75 bits per heavy atom. The van der Waals surface area contributed by atoms with Crippen molar-refractivity contribution in [3.8, 4) is 0 Å². The van der Waals surface area contributed by atoms with Crippen LogP contribution in [-0.2, 0) is 4.79 Å². The average Bonchev–Trinajstić information content (AvgIpc) is 2.56. The largest absolute Gasteiger partial charge is 0.332 e. The Labute approximate surface area is 148 Å². The van der Waals surface area contributed by atoms with E-state index in [0.717, 1.165) is 23.5 Å². The van der Waals surface area contributed by atoms with Gasteiger partial charge < -0.3 is 16.0 Å². The number of carbonyl (C=O) groups is 1. The number of hydrogen-bond acceptors (Lipinski definition) is 2. The van der Waals surface area contributed by atoms with Crippen LogP contribution in [0.5, 0.6) is 0 Å². The molecule has 2 aromatic rings. The van der Waals surface area contributed by atoms with E-state index in [9.17, 15) is 4.79 Å². The van der Waals surface area contributed by atoms with Gasteiger partial charge in [0.05, 0.1) is 0 Å². The van der Waals surface area contributed by atoms with Crippen molar-refractivity contribution in [1.82, 2.24) is 0 Å². The van der Waals surface area contributed by atoms with Gasteiger partial charge in [-0.05, 0) is 66.5 Å². The maximum absolute atomic E-state index is 11.0. The molecule has 1 atom stereocenters. The lowest BCUT2D eigenvalue weighted by molar-refractivity contribution is -0.114. The van der Waals surface area contributed by atoms with Crippen LogP contribution in [-0.4, -0.2) is 11.0 Å². The first-order chi connectivity index (χ1) is 11.5. The molecule has 0 spiro atoms. The van der Waals surface area contributed by atoms with Gasteiger partial charge in [-0.1, -0.05) is 26.0 Å². The summed E-state index contributed by atoms with van der Waals surface area (Å²) in [5.74, 6) is 0.472. The Morgan fingerprint density at radius 1 is 0.917 bits per heavy atom. The summed E-state index contributed by atoms with van der Waals surface area (Å²) in [6, 6.07) is 15.7. The molecule has 0 aliphatic heterocycles. The molecule has 4 nitrogen and oxygen atoms in total. The fourth-order valence-corrected chi connectivity index (χ4v) is 2.50. The van der Waals surface area contributed by atoms with Gasteiger partial charge in [-0.25, -0.2) is 0 Å². The average molecular weight is 341 g/mol. The molecule has 0 aliphatic rings. The lowest BCUT2D eigenvalue weighted by atomic mass is 9.99. The van der Waals surface area contributed by atoms with Crippen molar-refractivity contribution < 1.29 is 4.79 Å². The van der Waals surface area contributed by atoms with Crippen molar-refractivity contribution in [2.75, 3.05) is 16.0 Å². The first-order valence-corrected chi connectivity index (χ1v) is 8.44. The molecule has 0 bridgehead atoms. The van der Waals surface area contributed by atoms with Crippen LogP contribution in [0.4, 0.5) is 17.1 Å². The maximum Gasteiger partial charge on any atom is 0.221 e. The van der Waals surface area contributed by atoms with E-state index in [0.29, 0.717) is 11.0 Å². The number of amides is 1. The molecule has 5 heteroatoms. The van der Waals surface area contributed by atoms with Gasteiger partial charge in [0.1, 0.15) is 0 Å². The van der Waals surface area contributed by atoms with Gasteiger partial charge in [0.25, 0.3) is 0 Å². The Hall–Kier alpha value is -2.40. The van der Waals surface area contributed by atoms with E-state index in [4.69, 9.17) is 12.2 Å². The van der Waals surface area contributed by atoms with E-state index in [1.807, 2.05) is 36.4 Å². The first kappa shape index (κ1) is 17.9. The standard InChI is InChI=1S/C19H23N3OS/c1-4-13(2)15-5-7-17(8-6-15)21-19(24)22-18-11-9-16(10-12-18)20-14(3)23/h5-13H,4H2,1-3H3,(H,20,23)(H2,21,22,24). The molecule has 0 saturated heterocycles. The van der Waals surface area contributed by atoms with Crippen molar-refractivity contribution in [2.24, 2.45) is 0 Å². The lowest BCUT2D eigenvalue weighted by Gasteiger charge is -2.13. The summed E-state index contributed by atoms with van der Waals surface area (Å²) in [5.41, 5.74) is 3.90. The second-order valence-electron chi connectivity index (χ2n) is 5.77. The number of carbonyl (C=O) groups excluding carboxylic acids is 1. The molecule has 0 radical (unpaired) electrons. The molecular weight excluding hydrogens is 318 g/mol. The monoisotopic (exact) mass is 341 g/mol. The third-order valence-electron chi connectivity index (χ3n) is 3.81. The molecule has 3 N–H and O–H groups in total. The molecule has 126 valence electrons. The van der Waals surface area contributed by atoms with Crippen LogP contribution >= 0.6 is 12.2 Å². The van der Waals surface area contributed by atoms with Crippen LogP contribution in [0, 0.1) is 0 Å². The topological polar surface area (TPSA) is 53.2 Å². The van der Waals surface area contributed by atoms with E-state index in [1.165, 1.54) is 12.5 Å². The second-order valence-corrected chi connectivity index (χ2v) is 6.18. The molecule has 1 unspecified atom stereocenters. The zero-order chi connectivity index (χ0) is 17.5. The van der Waals surface area contributed by atoms with Crippen molar-refractivity contribution in [3.63, 3.8) is 0 Å². The summed E-state index contributed by atoms with van der Waals surface area (Å²) in [5, 5.41) is 9.55. The molecule has 0 aliphatic carbocycles. The molecule has 0 aromatic heterocycles. The van der Waals surface area contributed by atoms with Crippen LogP contribution in [0.2, 0.25) is 0 Å². The highest BCUT2D eigenvalue weighted by Crippen LogP contribution is 2.20. The third-order valence-corrected chi connectivity index (χ3v) is 4.02. The number of hydrogen-bond donors (Lipinski definition) is 3. The molecular formula is C19H23N3OS. The van der Waals surface area contributed by atoms with E-state index < -0.39 is 0 Å². The van der Waals surface area contributed by atoms with E-state index in [-0.39, 0.29) is 5.91 Å². The lowest BCUT2D eigenvalue weighted by Crippen LogP contribution is -2.19. The Kier molecular flexibility index (Phi) is 6.32. The van der Waals surface area contributed by atoms with Crippen LogP contribution in [0.1, 0.15) is 38.7 Å². The fourth-order valence-electron chi connectivity index (χ4n) is 2.26. The van der Waals surface area contributed by atoms with Crippen LogP contribution in [0.25, 0.3) is 0 Å². The fraction of sp³-hybridized carbons (Fsp3) is 0.263. The number of benzene rings is 2. The summed E-state index contributed by atoms with van der Waals surface area (Å²) >= 11 is 5.34. The van der Waals surface area contributed by atoms with Gasteiger partial charge in [-0.15, -0.1) is 0 Å². The number of thiocarbonyl (C=S) groups is 1. The Balaban J connectivity index is 1.92. The van der Waals surface area contributed by atoms with Crippen LogP contribution < -0.4 is 16.0 Å². The smallest absolute Gasteiger partial charge is 0.221 e. The highest BCUT2D eigenvalue weighted by molar-refractivity contribution is 7.80. The molecule has 2 rings (SSSR count). The summed E-state index contributed by atoms with van der Waals surface area (Å²) in [7, 11) is 0. The molecule has 0 heterocycles. The number of nitrogens with one attached hydrogen (secondary N) is 3. The molecule has 2 aromatic carbocycles. The summed E-state index contributed by atoms with van der Waals surface area (Å²) in [6.45, 7) is 5.89. The van der Waals surface area contributed by atoms with Crippen molar-refractivity contribution >= 4 is 40.3 Å². The van der Waals surface area contributed by atoms with Crippen LogP contribution in [0.3, 0.4) is 0 Å². The summed E-state index contributed by atoms with van der Waals surface area (Å²) in [4.78, 5) is 11.0. The minimum absolute atomic E-state index is 0.0891. The van der Waals surface area contributed by atoms with Gasteiger partial charge >= 0.3 is 0 Å². The van der Waals surface area contributed by atoms with Gasteiger partial charge in [0, 0.05) is 24.0 Å². The van der Waals surface area contributed by atoms with Gasteiger partial charge in [0.15, 0.2) is 5.11 Å². The number of rotatable bonds is 5. The highest BCUT2D eigenvalue weighted by atomic mass is 32.1. The zero-order valence-corrected chi connectivity index (χ0v) is 15.0. The molecule has 24 heavy (non-hydrogen) atoms. The van der Waals surface area contributed by atoms with Gasteiger partial charge in [-0.3, -0.25) is 4.79 Å². The SMILES string of the molecule is CCC(C)c1ccc(NC(=S)Nc2ccc(NC(C)=O)cc2)cc1. The van der Waals surface area contributed by atoms with Crippen molar-refractivity contribution in [3.05, 3.63) is 54.1 Å². The first-order valence-electron chi connectivity index (χ1n) is 8.03. The second kappa shape index (κ2) is 8.45. The predicted molar refractivity (Wildman–Crippen MR) is 106 cm³/mol. The normalized spacial score (nSPS) is 11.5. The molecule has 1 amide bonds. The van der Waals surface area contributed by atoms with Gasteiger partial charge in [0.2, 0.25) is 5.91 Å². The minimum Gasteiger partial charge on any atom is -0.332 e. The van der Waals surface area contributed by atoms with E-state index in [1.54, 1.807) is 0 Å². The minimum atomic E-state index is -0.0891. The third kappa shape index (κ3) is 5.35.